The molecule has 2 aliphatic rings. The molecule has 1 unspecified atom stereocenters. The average molecular weight is 442 g/mol. The summed E-state index contributed by atoms with van der Waals surface area (Å²) in [6, 6.07) is 9.35. The maximum atomic E-state index is 6.10. The van der Waals surface area contributed by atoms with E-state index in [9.17, 15) is 0 Å². The summed E-state index contributed by atoms with van der Waals surface area (Å²) in [6.07, 6.45) is 4.77. The van der Waals surface area contributed by atoms with E-state index in [1.54, 1.807) is 0 Å². The van der Waals surface area contributed by atoms with Crippen molar-refractivity contribution in [2.45, 2.75) is 45.6 Å². The third-order valence-corrected chi connectivity index (χ3v) is 5.41. The van der Waals surface area contributed by atoms with Gasteiger partial charge in [-0.15, -0.1) is 24.0 Å². The molecular weight excluding hydrogens is 411 g/mol. The number of guanidine groups is 1. The van der Waals surface area contributed by atoms with Crippen LogP contribution in [0, 0.1) is 5.41 Å². The number of hydrogen-bond acceptors (Lipinski definition) is 2. The molecule has 3 N–H and O–H groups in total. The van der Waals surface area contributed by atoms with Crippen LogP contribution >= 0.6 is 24.0 Å². The zero-order valence-corrected chi connectivity index (χ0v) is 17.3. The minimum absolute atomic E-state index is 0. The molecule has 3 rings (SSSR count). The lowest BCUT2D eigenvalue weighted by molar-refractivity contribution is 0.267. The highest BCUT2D eigenvalue weighted by atomic mass is 127. The van der Waals surface area contributed by atoms with Crippen LogP contribution in [0.1, 0.15) is 37.8 Å². The minimum Gasteiger partial charge on any atom is -0.370 e. The van der Waals surface area contributed by atoms with Gasteiger partial charge in [0, 0.05) is 19.1 Å². The molecular formula is C19H31IN4. The fraction of sp³-hybridized carbons (Fsp3) is 0.632. The van der Waals surface area contributed by atoms with Gasteiger partial charge in [-0.05, 0) is 55.3 Å². The lowest BCUT2D eigenvalue weighted by atomic mass is 9.87. The van der Waals surface area contributed by atoms with E-state index in [-0.39, 0.29) is 29.4 Å². The molecule has 5 heteroatoms. The van der Waals surface area contributed by atoms with Crippen molar-refractivity contribution in [3.05, 3.63) is 35.4 Å². The Hall–Kier alpha value is -0.820. The average Bonchev–Trinajstić information content (AvgIpc) is 3.13. The Bertz CT molecular complexity index is 547. The van der Waals surface area contributed by atoms with E-state index in [0.29, 0.717) is 12.0 Å². The third-order valence-electron chi connectivity index (χ3n) is 5.41. The molecule has 1 heterocycles. The van der Waals surface area contributed by atoms with Gasteiger partial charge in [-0.25, -0.2) is 0 Å². The second-order valence-corrected chi connectivity index (χ2v) is 7.44. The lowest BCUT2D eigenvalue weighted by Crippen LogP contribution is -2.43. The fourth-order valence-corrected chi connectivity index (χ4v) is 4.09. The Labute approximate surface area is 163 Å². The lowest BCUT2D eigenvalue weighted by Gasteiger charge is -2.24. The van der Waals surface area contributed by atoms with Crippen LogP contribution in [0.5, 0.6) is 0 Å². The van der Waals surface area contributed by atoms with Gasteiger partial charge in [0.1, 0.15) is 0 Å². The number of likely N-dealkylation sites (N-methyl/N-ethyl adjacent to an activating group) is 1. The first kappa shape index (κ1) is 19.5. The van der Waals surface area contributed by atoms with Crippen molar-refractivity contribution in [1.29, 1.82) is 0 Å². The molecule has 24 heavy (non-hydrogen) atoms. The van der Waals surface area contributed by atoms with Gasteiger partial charge in [-0.1, -0.05) is 38.1 Å². The molecule has 1 fully saturated rings. The van der Waals surface area contributed by atoms with Crippen LogP contribution in [0.2, 0.25) is 0 Å². The summed E-state index contributed by atoms with van der Waals surface area (Å²) in [5, 5.41) is 3.34. The Balaban J connectivity index is 0.00000208. The van der Waals surface area contributed by atoms with Crippen LogP contribution in [0.25, 0.3) is 0 Å². The molecule has 4 nitrogen and oxygen atoms in total. The second kappa shape index (κ2) is 8.52. The molecule has 0 amide bonds. The topological polar surface area (TPSA) is 53.6 Å². The van der Waals surface area contributed by atoms with E-state index in [1.165, 1.54) is 30.5 Å². The highest BCUT2D eigenvalue weighted by Crippen LogP contribution is 2.36. The van der Waals surface area contributed by atoms with E-state index in [0.717, 1.165) is 32.5 Å². The van der Waals surface area contributed by atoms with E-state index in [1.807, 2.05) is 0 Å². The first-order valence-corrected chi connectivity index (χ1v) is 8.94. The first-order valence-electron chi connectivity index (χ1n) is 8.94. The monoisotopic (exact) mass is 442 g/mol. The van der Waals surface area contributed by atoms with Crippen LogP contribution < -0.4 is 11.1 Å². The molecule has 1 saturated heterocycles. The number of fused-ring (bicyclic) bond motifs is 1. The summed E-state index contributed by atoms with van der Waals surface area (Å²) < 4.78 is 0. The van der Waals surface area contributed by atoms with Crippen molar-refractivity contribution >= 4 is 29.9 Å². The molecule has 1 aliphatic heterocycles. The highest BCUT2D eigenvalue weighted by molar-refractivity contribution is 14.0. The molecule has 0 bridgehead atoms. The standard InChI is InChI=1S/C19H30N4.HI/c1-3-23-10-6-9-17(23)13-21-18(20)22-14-19(2)11-15-7-4-5-8-16(15)12-19;/h4-5,7-8,17H,3,6,9-14H2,1-2H3,(H3,20,21,22);1H. The van der Waals surface area contributed by atoms with Crippen molar-refractivity contribution < 1.29 is 0 Å². The number of rotatable bonds is 5. The summed E-state index contributed by atoms with van der Waals surface area (Å²) in [5.41, 5.74) is 9.26. The molecule has 0 radical (unpaired) electrons. The van der Waals surface area contributed by atoms with Gasteiger partial charge >= 0.3 is 0 Å². The molecule has 1 aromatic carbocycles. The minimum atomic E-state index is 0. The molecule has 0 saturated carbocycles. The summed E-state index contributed by atoms with van der Waals surface area (Å²) in [6.45, 7) is 8.60. The SMILES string of the molecule is CCN1CCCC1CNC(N)=NCC1(C)Cc2ccccc2C1.I. The predicted octanol–water partition coefficient (Wildman–Crippen LogP) is 2.80. The van der Waals surface area contributed by atoms with E-state index >= 15 is 0 Å². The summed E-state index contributed by atoms with van der Waals surface area (Å²) in [4.78, 5) is 7.16. The summed E-state index contributed by atoms with van der Waals surface area (Å²) in [5.74, 6) is 0.602. The smallest absolute Gasteiger partial charge is 0.188 e. The number of hydrogen-bond donors (Lipinski definition) is 2. The first-order chi connectivity index (χ1) is 11.1. The summed E-state index contributed by atoms with van der Waals surface area (Å²) in [7, 11) is 0. The normalized spacial score (nSPS) is 22.9. The fourth-order valence-electron chi connectivity index (χ4n) is 4.09. The zero-order chi connectivity index (χ0) is 16.3. The van der Waals surface area contributed by atoms with Crippen LogP contribution in [0.3, 0.4) is 0 Å². The van der Waals surface area contributed by atoms with Crippen LogP contribution in [0.15, 0.2) is 29.3 Å². The quantitative estimate of drug-likeness (QED) is 0.419. The molecule has 0 spiro atoms. The number of benzene rings is 1. The molecule has 134 valence electrons. The van der Waals surface area contributed by atoms with Crippen LogP contribution in [-0.2, 0) is 12.8 Å². The number of halogens is 1. The molecule has 1 aliphatic carbocycles. The van der Waals surface area contributed by atoms with Gasteiger partial charge in [0.2, 0.25) is 0 Å². The van der Waals surface area contributed by atoms with Gasteiger partial charge in [0.05, 0.1) is 0 Å². The van der Waals surface area contributed by atoms with Gasteiger partial charge < -0.3 is 11.1 Å². The highest BCUT2D eigenvalue weighted by Gasteiger charge is 2.32. The van der Waals surface area contributed by atoms with E-state index in [4.69, 9.17) is 5.73 Å². The van der Waals surface area contributed by atoms with Gasteiger partial charge in [0.25, 0.3) is 0 Å². The van der Waals surface area contributed by atoms with Crippen molar-refractivity contribution in [2.75, 3.05) is 26.2 Å². The predicted molar refractivity (Wildman–Crippen MR) is 112 cm³/mol. The van der Waals surface area contributed by atoms with Gasteiger partial charge in [-0.3, -0.25) is 9.89 Å². The second-order valence-electron chi connectivity index (χ2n) is 7.44. The van der Waals surface area contributed by atoms with Crippen molar-refractivity contribution in [3.8, 4) is 0 Å². The van der Waals surface area contributed by atoms with E-state index in [2.05, 4.69) is 53.3 Å². The summed E-state index contributed by atoms with van der Waals surface area (Å²) >= 11 is 0. The Morgan fingerprint density at radius 1 is 1.33 bits per heavy atom. The Morgan fingerprint density at radius 3 is 2.62 bits per heavy atom. The number of nitrogens with one attached hydrogen (secondary N) is 1. The van der Waals surface area contributed by atoms with E-state index < -0.39 is 0 Å². The molecule has 1 atom stereocenters. The number of nitrogens with zero attached hydrogens (tertiary/aromatic N) is 2. The Morgan fingerprint density at radius 2 is 2.00 bits per heavy atom. The number of likely N-dealkylation sites (tertiary alicyclic amines) is 1. The maximum Gasteiger partial charge on any atom is 0.188 e. The van der Waals surface area contributed by atoms with Crippen molar-refractivity contribution in [3.63, 3.8) is 0 Å². The van der Waals surface area contributed by atoms with Gasteiger partial charge in [0.15, 0.2) is 5.96 Å². The van der Waals surface area contributed by atoms with Crippen LogP contribution in [-0.4, -0.2) is 43.1 Å². The van der Waals surface area contributed by atoms with Crippen molar-refractivity contribution in [2.24, 2.45) is 16.1 Å². The molecule has 0 aromatic heterocycles. The van der Waals surface area contributed by atoms with Crippen molar-refractivity contribution in [1.82, 2.24) is 10.2 Å². The van der Waals surface area contributed by atoms with Gasteiger partial charge in [-0.2, -0.15) is 0 Å². The Kier molecular flexibility index (Phi) is 6.92. The number of nitrogens with two attached hydrogens (primary N) is 1. The number of aliphatic imine (C=N–C) groups is 1. The zero-order valence-electron chi connectivity index (χ0n) is 14.9. The molecule has 1 aromatic rings. The third kappa shape index (κ3) is 4.63. The largest absolute Gasteiger partial charge is 0.370 e. The van der Waals surface area contributed by atoms with Crippen LogP contribution in [0.4, 0.5) is 0 Å². The maximum absolute atomic E-state index is 6.10.